The third kappa shape index (κ3) is 2.65. The number of carbonyl (C=O) groups excluding carboxylic acids is 3. The molecule has 1 fully saturated rings. The van der Waals surface area contributed by atoms with Crippen LogP contribution in [0.5, 0.6) is 5.75 Å². The predicted octanol–water partition coefficient (Wildman–Crippen LogP) is 1.17. The molecule has 0 saturated heterocycles. The Balaban J connectivity index is 1.75. The van der Waals surface area contributed by atoms with Crippen LogP contribution in [-0.2, 0) is 20.8 Å². The van der Waals surface area contributed by atoms with Gasteiger partial charge in [-0.3, -0.25) is 14.4 Å². The maximum atomic E-state index is 13.6. The number of amides is 1. The lowest BCUT2D eigenvalue weighted by Gasteiger charge is -2.52. The standard InChI is InChI=1S/C25H22N2O7/c26-23(33)19-16(29)10-24(27)9-12-8-14-13(11-4-2-1-3-5-11)6-7-15(28)18(14)20(30)17(12)21(31)25(24,34)22(19)32/h1-7,12,28,30,32,34H,8-10,27H2,(H2,26,33)/t12-,24+,25-/m0/s1. The summed E-state index contributed by atoms with van der Waals surface area (Å²) in [7, 11) is 0. The van der Waals surface area contributed by atoms with Crippen molar-refractivity contribution >= 4 is 23.2 Å². The molecule has 1 saturated carbocycles. The number of ketones is 2. The number of primary amides is 1. The molecule has 2 aromatic rings. The molecular formula is C25H22N2O7. The zero-order valence-electron chi connectivity index (χ0n) is 17.9. The molecule has 9 heteroatoms. The van der Waals surface area contributed by atoms with Crippen LogP contribution in [0.25, 0.3) is 16.9 Å². The van der Waals surface area contributed by atoms with E-state index in [1.54, 1.807) is 6.07 Å². The van der Waals surface area contributed by atoms with Gasteiger partial charge in [0.25, 0.3) is 5.91 Å². The Morgan fingerprint density at radius 3 is 2.35 bits per heavy atom. The number of aromatic hydroxyl groups is 1. The summed E-state index contributed by atoms with van der Waals surface area (Å²) in [6, 6.07) is 12.4. The van der Waals surface area contributed by atoms with Crippen LogP contribution < -0.4 is 11.5 Å². The van der Waals surface area contributed by atoms with Crippen LogP contribution >= 0.6 is 0 Å². The van der Waals surface area contributed by atoms with E-state index in [0.29, 0.717) is 5.56 Å². The van der Waals surface area contributed by atoms with Crippen molar-refractivity contribution in [2.45, 2.75) is 30.4 Å². The summed E-state index contributed by atoms with van der Waals surface area (Å²) in [6.45, 7) is 0. The quantitative estimate of drug-likeness (QED) is 0.359. The topological polar surface area (TPSA) is 184 Å². The van der Waals surface area contributed by atoms with Crippen molar-refractivity contribution in [3.05, 3.63) is 70.5 Å². The summed E-state index contributed by atoms with van der Waals surface area (Å²) in [5, 5.41) is 43.8. The van der Waals surface area contributed by atoms with Crippen molar-refractivity contribution in [1.82, 2.24) is 0 Å². The first-order chi connectivity index (χ1) is 16.0. The van der Waals surface area contributed by atoms with Crippen LogP contribution in [0.3, 0.4) is 0 Å². The molecule has 3 aliphatic carbocycles. The highest BCUT2D eigenvalue weighted by Crippen LogP contribution is 2.53. The summed E-state index contributed by atoms with van der Waals surface area (Å²) in [6.07, 6.45) is -0.574. The summed E-state index contributed by atoms with van der Waals surface area (Å²) in [4.78, 5) is 37.9. The molecule has 5 rings (SSSR count). The number of carbonyl (C=O) groups is 3. The highest BCUT2D eigenvalue weighted by atomic mass is 16.4. The van der Waals surface area contributed by atoms with E-state index in [0.717, 1.165) is 11.1 Å². The molecule has 3 atom stereocenters. The highest BCUT2D eigenvalue weighted by molar-refractivity contribution is 6.23. The van der Waals surface area contributed by atoms with Gasteiger partial charge in [-0.25, -0.2) is 0 Å². The fraction of sp³-hybridized carbons (Fsp3) is 0.240. The fourth-order valence-corrected chi connectivity index (χ4v) is 5.64. The number of Topliss-reactive ketones (excluding diaryl/α,β-unsaturated/α-hetero) is 2. The van der Waals surface area contributed by atoms with Gasteiger partial charge in [-0.2, -0.15) is 0 Å². The van der Waals surface area contributed by atoms with Gasteiger partial charge in [0.15, 0.2) is 11.5 Å². The van der Waals surface area contributed by atoms with E-state index >= 15 is 0 Å². The molecule has 174 valence electrons. The number of aliphatic hydroxyl groups is 3. The van der Waals surface area contributed by atoms with Crippen molar-refractivity contribution in [2.24, 2.45) is 17.4 Å². The summed E-state index contributed by atoms with van der Waals surface area (Å²) in [5.74, 6) is -6.06. The maximum absolute atomic E-state index is 13.6. The molecule has 8 N–H and O–H groups in total. The number of hydrogen-bond donors (Lipinski definition) is 6. The molecule has 0 radical (unpaired) electrons. The van der Waals surface area contributed by atoms with Gasteiger partial charge in [0, 0.05) is 12.0 Å². The lowest BCUT2D eigenvalue weighted by Crippen LogP contribution is -2.73. The molecule has 0 aromatic heterocycles. The normalized spacial score (nSPS) is 28.4. The summed E-state index contributed by atoms with van der Waals surface area (Å²) in [5.41, 5.74) is 7.88. The van der Waals surface area contributed by atoms with Gasteiger partial charge in [-0.05, 0) is 41.5 Å². The number of rotatable bonds is 2. The van der Waals surface area contributed by atoms with Crippen LogP contribution in [0.1, 0.15) is 24.0 Å². The molecular weight excluding hydrogens is 440 g/mol. The van der Waals surface area contributed by atoms with Gasteiger partial charge in [0.1, 0.15) is 17.1 Å². The Morgan fingerprint density at radius 2 is 1.71 bits per heavy atom. The Kier molecular flexibility index (Phi) is 4.52. The first-order valence-corrected chi connectivity index (χ1v) is 10.7. The number of hydrogen-bond acceptors (Lipinski definition) is 8. The average Bonchev–Trinajstić information content (AvgIpc) is 2.77. The molecule has 0 spiro atoms. The van der Waals surface area contributed by atoms with Gasteiger partial charge in [-0.15, -0.1) is 0 Å². The lowest BCUT2D eigenvalue weighted by molar-refractivity contribution is -0.150. The van der Waals surface area contributed by atoms with E-state index in [1.807, 2.05) is 30.3 Å². The number of benzene rings is 2. The number of aliphatic hydroxyl groups excluding tert-OH is 2. The van der Waals surface area contributed by atoms with E-state index in [1.165, 1.54) is 6.07 Å². The van der Waals surface area contributed by atoms with Crippen LogP contribution in [-0.4, -0.2) is 49.0 Å². The molecule has 9 nitrogen and oxygen atoms in total. The molecule has 34 heavy (non-hydrogen) atoms. The van der Waals surface area contributed by atoms with Crippen molar-refractivity contribution in [2.75, 3.05) is 0 Å². The number of fused-ring (bicyclic) bond motifs is 3. The molecule has 0 heterocycles. The molecule has 0 aliphatic heterocycles. The van der Waals surface area contributed by atoms with Crippen molar-refractivity contribution in [1.29, 1.82) is 0 Å². The van der Waals surface area contributed by atoms with Gasteiger partial charge < -0.3 is 31.9 Å². The van der Waals surface area contributed by atoms with E-state index in [4.69, 9.17) is 11.5 Å². The van der Waals surface area contributed by atoms with E-state index in [9.17, 15) is 34.8 Å². The largest absolute Gasteiger partial charge is 0.508 e. The smallest absolute Gasteiger partial charge is 0.255 e. The number of phenolic OH excluding ortho intramolecular Hbond substituents is 1. The fourth-order valence-electron chi connectivity index (χ4n) is 5.64. The number of phenols is 1. The monoisotopic (exact) mass is 462 g/mol. The second-order valence-corrected chi connectivity index (χ2v) is 9.10. The second-order valence-electron chi connectivity index (χ2n) is 9.10. The Morgan fingerprint density at radius 1 is 1.03 bits per heavy atom. The Labute approximate surface area is 193 Å². The zero-order valence-corrected chi connectivity index (χ0v) is 17.9. The number of nitrogens with two attached hydrogens (primary N) is 2. The average molecular weight is 462 g/mol. The Bertz CT molecular complexity index is 1360. The van der Waals surface area contributed by atoms with Crippen molar-refractivity contribution in [3.8, 4) is 16.9 Å². The van der Waals surface area contributed by atoms with Crippen LogP contribution in [0, 0.1) is 5.92 Å². The van der Waals surface area contributed by atoms with E-state index < -0.39 is 58.0 Å². The van der Waals surface area contributed by atoms with Gasteiger partial charge in [0.05, 0.1) is 11.1 Å². The molecule has 2 aromatic carbocycles. The summed E-state index contributed by atoms with van der Waals surface area (Å²) < 4.78 is 0. The Hall–Kier alpha value is -3.95. The highest BCUT2D eigenvalue weighted by Gasteiger charge is 2.67. The van der Waals surface area contributed by atoms with Gasteiger partial charge >= 0.3 is 0 Å². The van der Waals surface area contributed by atoms with Crippen molar-refractivity contribution in [3.63, 3.8) is 0 Å². The lowest BCUT2D eigenvalue weighted by atomic mass is 9.55. The molecule has 1 amide bonds. The van der Waals surface area contributed by atoms with E-state index in [-0.39, 0.29) is 29.7 Å². The molecule has 0 unspecified atom stereocenters. The minimum absolute atomic E-state index is 0.0413. The SMILES string of the molecule is NC(=O)C1=C(O)[C@@]2(O)C(=O)C3=C(O)c4c(O)ccc(-c5ccccc5)c4C[C@H]3C[C@@]2(N)CC1=O. The third-order valence-corrected chi connectivity index (χ3v) is 7.21. The zero-order chi connectivity index (χ0) is 24.6. The van der Waals surface area contributed by atoms with Gasteiger partial charge in [0.2, 0.25) is 11.4 Å². The van der Waals surface area contributed by atoms with Crippen LogP contribution in [0.2, 0.25) is 0 Å². The van der Waals surface area contributed by atoms with Crippen LogP contribution in [0.4, 0.5) is 0 Å². The minimum Gasteiger partial charge on any atom is -0.508 e. The first kappa shape index (κ1) is 21.9. The van der Waals surface area contributed by atoms with E-state index in [2.05, 4.69) is 0 Å². The molecule has 3 aliphatic rings. The molecule has 0 bridgehead atoms. The minimum atomic E-state index is -2.84. The maximum Gasteiger partial charge on any atom is 0.255 e. The second kappa shape index (κ2) is 7.02. The predicted molar refractivity (Wildman–Crippen MR) is 120 cm³/mol. The van der Waals surface area contributed by atoms with Crippen LogP contribution in [0.15, 0.2) is 59.4 Å². The van der Waals surface area contributed by atoms with Gasteiger partial charge in [-0.1, -0.05) is 36.4 Å². The first-order valence-electron chi connectivity index (χ1n) is 10.7. The third-order valence-electron chi connectivity index (χ3n) is 7.21. The van der Waals surface area contributed by atoms with Crippen molar-refractivity contribution < 1.29 is 34.8 Å². The summed E-state index contributed by atoms with van der Waals surface area (Å²) >= 11 is 0.